The fourth-order valence-corrected chi connectivity index (χ4v) is 1.87. The molecule has 15 heavy (non-hydrogen) atoms. The summed E-state index contributed by atoms with van der Waals surface area (Å²) in [6.07, 6.45) is 0.526. The zero-order chi connectivity index (χ0) is 11.4. The van der Waals surface area contributed by atoms with Crippen LogP contribution in [0, 0.1) is 5.92 Å². The molecule has 0 radical (unpaired) electrons. The van der Waals surface area contributed by atoms with Crippen LogP contribution in [0.5, 0.6) is 5.75 Å². The summed E-state index contributed by atoms with van der Waals surface area (Å²) in [5, 5.41) is 8.78. The number of hydrogen-bond acceptors (Lipinski definition) is 2. The second kappa shape index (κ2) is 5.16. The fourth-order valence-electron chi connectivity index (χ4n) is 1.28. The Morgan fingerprint density at radius 1 is 1.60 bits per heavy atom. The van der Waals surface area contributed by atoms with Crippen LogP contribution in [0.4, 0.5) is 0 Å². The van der Waals surface area contributed by atoms with Crippen LogP contribution in [0.2, 0.25) is 0 Å². The normalized spacial score (nSPS) is 12.2. The first kappa shape index (κ1) is 12.0. The van der Waals surface area contributed by atoms with Gasteiger partial charge in [0.25, 0.3) is 0 Å². The van der Waals surface area contributed by atoms with Crippen molar-refractivity contribution >= 4 is 21.9 Å². The summed E-state index contributed by atoms with van der Waals surface area (Å²) in [7, 11) is 1.60. The molecule has 0 aliphatic rings. The van der Waals surface area contributed by atoms with Gasteiger partial charge in [-0.25, -0.2) is 0 Å². The molecule has 0 aliphatic carbocycles. The van der Waals surface area contributed by atoms with Crippen molar-refractivity contribution in [3.63, 3.8) is 0 Å². The second-order valence-corrected chi connectivity index (χ2v) is 4.27. The molecule has 0 saturated carbocycles. The molecule has 0 aliphatic heterocycles. The minimum Gasteiger partial charge on any atom is -0.496 e. The molecule has 1 aromatic rings. The monoisotopic (exact) mass is 272 g/mol. The molecule has 0 heterocycles. The number of halogens is 1. The smallest absolute Gasteiger partial charge is 0.306 e. The number of carboxylic acid groups (broad SMARTS) is 1. The van der Waals surface area contributed by atoms with E-state index in [9.17, 15) is 4.79 Å². The molecule has 1 atom stereocenters. The summed E-state index contributed by atoms with van der Waals surface area (Å²) in [4.78, 5) is 10.7. The van der Waals surface area contributed by atoms with Crippen LogP contribution >= 0.6 is 15.9 Å². The van der Waals surface area contributed by atoms with Gasteiger partial charge >= 0.3 is 5.97 Å². The number of aliphatic carboxylic acids is 1. The van der Waals surface area contributed by atoms with E-state index in [0.717, 1.165) is 15.8 Å². The highest BCUT2D eigenvalue weighted by atomic mass is 79.9. The number of carbonyl (C=O) groups is 1. The molecule has 1 aromatic carbocycles. The van der Waals surface area contributed by atoms with Crippen molar-refractivity contribution in [3.05, 3.63) is 28.2 Å². The van der Waals surface area contributed by atoms with E-state index in [2.05, 4.69) is 15.9 Å². The van der Waals surface area contributed by atoms with E-state index >= 15 is 0 Å². The lowest BCUT2D eigenvalue weighted by Crippen LogP contribution is -2.12. The Bertz CT molecular complexity index is 363. The fraction of sp³-hybridized carbons (Fsp3) is 0.364. The molecule has 0 fully saturated rings. The average molecular weight is 273 g/mol. The average Bonchev–Trinajstić information content (AvgIpc) is 2.18. The Hall–Kier alpha value is -1.03. The van der Waals surface area contributed by atoms with E-state index in [0.29, 0.717) is 6.42 Å². The second-order valence-electron chi connectivity index (χ2n) is 3.41. The Morgan fingerprint density at radius 3 is 2.73 bits per heavy atom. The van der Waals surface area contributed by atoms with Crippen LogP contribution < -0.4 is 4.74 Å². The maximum absolute atomic E-state index is 10.7. The molecule has 3 nitrogen and oxygen atoms in total. The standard InChI is InChI=1S/C11H13BrO3/c1-7(11(13)14)5-8-3-4-10(15-2)9(12)6-8/h3-4,6-7H,5H2,1-2H3,(H,13,14). The van der Waals surface area contributed by atoms with Gasteiger partial charge in [0.15, 0.2) is 0 Å². The van der Waals surface area contributed by atoms with Crippen molar-refractivity contribution in [1.29, 1.82) is 0 Å². The zero-order valence-corrected chi connectivity index (χ0v) is 10.2. The predicted molar refractivity (Wildman–Crippen MR) is 61.2 cm³/mol. The summed E-state index contributed by atoms with van der Waals surface area (Å²) >= 11 is 3.36. The van der Waals surface area contributed by atoms with Crippen molar-refractivity contribution in [2.45, 2.75) is 13.3 Å². The lowest BCUT2D eigenvalue weighted by Gasteiger charge is -2.08. The zero-order valence-electron chi connectivity index (χ0n) is 8.66. The molecule has 0 bridgehead atoms. The molecule has 1 unspecified atom stereocenters. The summed E-state index contributed by atoms with van der Waals surface area (Å²) < 4.78 is 5.94. The van der Waals surface area contributed by atoms with Crippen LogP contribution in [0.1, 0.15) is 12.5 Å². The first-order chi connectivity index (χ1) is 7.04. The molecule has 1 N–H and O–H groups in total. The van der Waals surface area contributed by atoms with Gasteiger partial charge in [-0.1, -0.05) is 13.0 Å². The number of carboxylic acids is 1. The molecular weight excluding hydrogens is 260 g/mol. The maximum Gasteiger partial charge on any atom is 0.306 e. The first-order valence-electron chi connectivity index (χ1n) is 4.59. The van der Waals surface area contributed by atoms with E-state index in [4.69, 9.17) is 9.84 Å². The molecule has 0 spiro atoms. The highest BCUT2D eigenvalue weighted by Crippen LogP contribution is 2.26. The van der Waals surface area contributed by atoms with Crippen molar-refractivity contribution in [3.8, 4) is 5.75 Å². The number of hydrogen-bond donors (Lipinski definition) is 1. The van der Waals surface area contributed by atoms with Gasteiger partial charge in [-0.2, -0.15) is 0 Å². The van der Waals surface area contributed by atoms with Crippen molar-refractivity contribution < 1.29 is 14.6 Å². The lowest BCUT2D eigenvalue weighted by molar-refractivity contribution is -0.141. The van der Waals surface area contributed by atoms with Crippen LogP contribution in [-0.2, 0) is 11.2 Å². The summed E-state index contributed by atoms with van der Waals surface area (Å²) in [5.41, 5.74) is 0.984. The van der Waals surface area contributed by atoms with E-state index < -0.39 is 5.97 Å². The van der Waals surface area contributed by atoms with Crippen molar-refractivity contribution in [1.82, 2.24) is 0 Å². The van der Waals surface area contributed by atoms with E-state index in [1.807, 2.05) is 18.2 Å². The third-order valence-corrected chi connectivity index (χ3v) is 2.80. The molecule has 82 valence electrons. The van der Waals surface area contributed by atoms with Gasteiger partial charge in [-0.3, -0.25) is 4.79 Å². The summed E-state index contributed by atoms with van der Waals surface area (Å²) in [6.45, 7) is 1.69. The van der Waals surface area contributed by atoms with Gasteiger partial charge in [-0.15, -0.1) is 0 Å². The molecule has 4 heteroatoms. The largest absolute Gasteiger partial charge is 0.496 e. The van der Waals surface area contributed by atoms with E-state index in [1.54, 1.807) is 14.0 Å². The van der Waals surface area contributed by atoms with Gasteiger partial charge < -0.3 is 9.84 Å². The Morgan fingerprint density at radius 2 is 2.27 bits per heavy atom. The predicted octanol–water partition coefficient (Wildman–Crippen LogP) is 2.72. The van der Waals surface area contributed by atoms with Gasteiger partial charge in [0.05, 0.1) is 17.5 Å². The number of ether oxygens (including phenoxy) is 1. The Balaban J connectivity index is 2.79. The molecule has 0 saturated heterocycles. The van der Waals surface area contributed by atoms with Crippen LogP contribution in [0.3, 0.4) is 0 Å². The van der Waals surface area contributed by atoms with Crippen molar-refractivity contribution in [2.75, 3.05) is 7.11 Å². The van der Waals surface area contributed by atoms with Crippen LogP contribution in [0.15, 0.2) is 22.7 Å². The third kappa shape index (κ3) is 3.23. The first-order valence-corrected chi connectivity index (χ1v) is 5.39. The quantitative estimate of drug-likeness (QED) is 0.917. The van der Waals surface area contributed by atoms with E-state index in [-0.39, 0.29) is 5.92 Å². The number of rotatable bonds is 4. The minimum absolute atomic E-state index is 0.370. The molecular formula is C11H13BrO3. The maximum atomic E-state index is 10.7. The van der Waals surface area contributed by atoms with Crippen molar-refractivity contribution in [2.24, 2.45) is 5.92 Å². The molecule has 0 amide bonds. The SMILES string of the molecule is COc1ccc(CC(C)C(=O)O)cc1Br. The van der Waals surface area contributed by atoms with Gasteiger partial charge in [0.1, 0.15) is 5.75 Å². The minimum atomic E-state index is -0.776. The van der Waals surface area contributed by atoms with E-state index in [1.165, 1.54) is 0 Å². The van der Waals surface area contributed by atoms with Gasteiger partial charge in [0.2, 0.25) is 0 Å². The summed E-state index contributed by atoms with van der Waals surface area (Å²) in [6, 6.07) is 5.59. The topological polar surface area (TPSA) is 46.5 Å². The third-order valence-electron chi connectivity index (χ3n) is 2.18. The highest BCUT2D eigenvalue weighted by Gasteiger charge is 2.12. The molecule has 0 aromatic heterocycles. The summed E-state index contributed by atoms with van der Waals surface area (Å²) in [5.74, 6) is -0.394. The van der Waals surface area contributed by atoms with Gasteiger partial charge in [0, 0.05) is 0 Å². The van der Waals surface area contributed by atoms with Gasteiger partial charge in [-0.05, 0) is 40.0 Å². The Kier molecular flexibility index (Phi) is 4.15. The Labute approximate surface area is 97.2 Å². The highest BCUT2D eigenvalue weighted by molar-refractivity contribution is 9.10. The number of methoxy groups -OCH3 is 1. The lowest BCUT2D eigenvalue weighted by atomic mass is 10.0. The number of benzene rings is 1. The van der Waals surface area contributed by atoms with Crippen LogP contribution in [0.25, 0.3) is 0 Å². The van der Waals surface area contributed by atoms with Crippen LogP contribution in [-0.4, -0.2) is 18.2 Å². The molecule has 1 rings (SSSR count).